The summed E-state index contributed by atoms with van der Waals surface area (Å²) in [5.74, 6) is 0.764. The number of hydrogen-bond donors (Lipinski definition) is 1. The minimum Gasteiger partial charge on any atom is -0.307 e. The van der Waals surface area contributed by atoms with Crippen molar-refractivity contribution >= 4 is 11.3 Å². The SMILES string of the molecule is CC(C)CCc1ncc(CNC(C)(C)C)s1. The summed E-state index contributed by atoms with van der Waals surface area (Å²) < 4.78 is 0. The number of nitrogens with one attached hydrogen (secondary N) is 1. The molecule has 1 heterocycles. The van der Waals surface area contributed by atoms with Gasteiger partial charge in [-0.3, -0.25) is 0 Å². The molecule has 0 fully saturated rings. The Bertz CT molecular complexity index is 310. The fraction of sp³-hybridized carbons (Fsp3) is 0.769. The normalized spacial score (nSPS) is 12.4. The maximum Gasteiger partial charge on any atom is 0.0928 e. The van der Waals surface area contributed by atoms with Gasteiger partial charge in [0.2, 0.25) is 0 Å². The van der Waals surface area contributed by atoms with Gasteiger partial charge >= 0.3 is 0 Å². The summed E-state index contributed by atoms with van der Waals surface area (Å²) in [7, 11) is 0. The maximum absolute atomic E-state index is 4.47. The first-order valence-electron chi connectivity index (χ1n) is 6.05. The van der Waals surface area contributed by atoms with E-state index in [2.05, 4.69) is 44.9 Å². The monoisotopic (exact) mass is 240 g/mol. The zero-order valence-corrected chi connectivity index (χ0v) is 11.9. The molecule has 2 nitrogen and oxygen atoms in total. The van der Waals surface area contributed by atoms with Crippen LogP contribution < -0.4 is 5.32 Å². The molecule has 0 atom stereocenters. The van der Waals surface area contributed by atoms with E-state index in [0.29, 0.717) is 0 Å². The zero-order valence-electron chi connectivity index (χ0n) is 11.1. The van der Waals surface area contributed by atoms with Crippen LogP contribution in [0.15, 0.2) is 6.20 Å². The number of nitrogens with zero attached hydrogens (tertiary/aromatic N) is 1. The van der Waals surface area contributed by atoms with E-state index in [-0.39, 0.29) is 5.54 Å². The molecular formula is C13H24N2S. The van der Waals surface area contributed by atoms with Crippen molar-refractivity contribution < 1.29 is 0 Å². The molecule has 3 heteroatoms. The number of aryl methyl sites for hydroxylation is 1. The van der Waals surface area contributed by atoms with Crippen LogP contribution in [0, 0.1) is 5.92 Å². The van der Waals surface area contributed by atoms with E-state index in [9.17, 15) is 0 Å². The van der Waals surface area contributed by atoms with E-state index in [0.717, 1.165) is 18.9 Å². The van der Waals surface area contributed by atoms with E-state index < -0.39 is 0 Å². The van der Waals surface area contributed by atoms with Crippen molar-refractivity contribution in [2.75, 3.05) is 0 Å². The van der Waals surface area contributed by atoms with Gasteiger partial charge in [0.1, 0.15) is 0 Å². The number of rotatable bonds is 5. The number of hydrogen-bond acceptors (Lipinski definition) is 3. The molecule has 0 spiro atoms. The van der Waals surface area contributed by atoms with Crippen molar-refractivity contribution in [1.82, 2.24) is 10.3 Å². The predicted molar refractivity (Wildman–Crippen MR) is 71.9 cm³/mol. The molecule has 0 aliphatic rings. The second-order valence-electron chi connectivity index (χ2n) is 5.76. The summed E-state index contributed by atoms with van der Waals surface area (Å²) in [4.78, 5) is 5.81. The summed E-state index contributed by atoms with van der Waals surface area (Å²) >= 11 is 1.84. The highest BCUT2D eigenvalue weighted by Gasteiger charge is 2.10. The highest BCUT2D eigenvalue weighted by atomic mass is 32.1. The molecule has 0 radical (unpaired) electrons. The third kappa shape index (κ3) is 5.61. The van der Waals surface area contributed by atoms with Crippen LogP contribution >= 0.6 is 11.3 Å². The summed E-state index contributed by atoms with van der Waals surface area (Å²) in [6.07, 6.45) is 4.37. The second-order valence-corrected chi connectivity index (χ2v) is 6.96. The third-order valence-corrected chi connectivity index (χ3v) is 3.39. The Morgan fingerprint density at radius 1 is 1.38 bits per heavy atom. The zero-order chi connectivity index (χ0) is 12.2. The lowest BCUT2D eigenvalue weighted by Crippen LogP contribution is -2.34. The molecular weight excluding hydrogens is 216 g/mol. The minimum atomic E-state index is 0.183. The molecule has 0 aliphatic carbocycles. The van der Waals surface area contributed by atoms with E-state index in [4.69, 9.17) is 0 Å². The molecule has 16 heavy (non-hydrogen) atoms. The quantitative estimate of drug-likeness (QED) is 0.850. The molecule has 92 valence electrons. The molecule has 1 aromatic heterocycles. The molecule has 1 aromatic rings. The first-order valence-corrected chi connectivity index (χ1v) is 6.87. The van der Waals surface area contributed by atoms with Crippen molar-refractivity contribution in [1.29, 1.82) is 0 Å². The van der Waals surface area contributed by atoms with Gasteiger partial charge in [-0.2, -0.15) is 0 Å². The summed E-state index contributed by atoms with van der Waals surface area (Å²) in [6, 6.07) is 0. The second kappa shape index (κ2) is 5.78. The highest BCUT2D eigenvalue weighted by molar-refractivity contribution is 7.11. The first kappa shape index (κ1) is 13.7. The van der Waals surface area contributed by atoms with Crippen LogP contribution in [0.3, 0.4) is 0 Å². The topological polar surface area (TPSA) is 24.9 Å². The number of aromatic nitrogens is 1. The Hall–Kier alpha value is -0.410. The Morgan fingerprint density at radius 2 is 2.06 bits per heavy atom. The molecule has 0 aliphatic heterocycles. The molecule has 0 saturated carbocycles. The van der Waals surface area contributed by atoms with Gasteiger partial charge in [0.15, 0.2) is 0 Å². The summed E-state index contributed by atoms with van der Waals surface area (Å²) in [6.45, 7) is 12.0. The van der Waals surface area contributed by atoms with Gasteiger partial charge in [-0.1, -0.05) is 13.8 Å². The molecule has 0 bridgehead atoms. The fourth-order valence-corrected chi connectivity index (χ4v) is 2.19. The molecule has 0 aromatic carbocycles. The van der Waals surface area contributed by atoms with Crippen molar-refractivity contribution in [3.63, 3.8) is 0 Å². The van der Waals surface area contributed by atoms with E-state index >= 15 is 0 Å². The molecule has 0 amide bonds. The third-order valence-electron chi connectivity index (χ3n) is 2.33. The van der Waals surface area contributed by atoms with Gasteiger partial charge in [0.25, 0.3) is 0 Å². The molecule has 1 rings (SSSR count). The molecule has 0 unspecified atom stereocenters. The van der Waals surface area contributed by atoms with Crippen LogP contribution in [0.25, 0.3) is 0 Å². The van der Waals surface area contributed by atoms with Crippen molar-refractivity contribution in [3.8, 4) is 0 Å². The van der Waals surface area contributed by atoms with Crippen LogP contribution in [0.1, 0.15) is 50.9 Å². The molecule has 1 N–H and O–H groups in total. The van der Waals surface area contributed by atoms with Crippen molar-refractivity contribution in [2.24, 2.45) is 5.92 Å². The summed E-state index contributed by atoms with van der Waals surface area (Å²) in [5, 5.41) is 4.76. The van der Waals surface area contributed by atoms with Gasteiger partial charge in [0, 0.05) is 23.2 Å². The van der Waals surface area contributed by atoms with E-state index in [1.807, 2.05) is 17.5 Å². The minimum absolute atomic E-state index is 0.183. The van der Waals surface area contributed by atoms with E-state index in [1.54, 1.807) is 0 Å². The number of thiazole rings is 1. The van der Waals surface area contributed by atoms with Crippen LogP contribution in [0.5, 0.6) is 0 Å². The lowest BCUT2D eigenvalue weighted by molar-refractivity contribution is 0.426. The van der Waals surface area contributed by atoms with Crippen LogP contribution in [0.4, 0.5) is 0 Å². The summed E-state index contributed by atoms with van der Waals surface area (Å²) in [5.41, 5.74) is 0.183. The smallest absolute Gasteiger partial charge is 0.0928 e. The Labute approximate surface area is 103 Å². The Balaban J connectivity index is 2.39. The fourth-order valence-electron chi connectivity index (χ4n) is 1.31. The Morgan fingerprint density at radius 3 is 2.62 bits per heavy atom. The molecule has 0 saturated heterocycles. The van der Waals surface area contributed by atoms with Crippen LogP contribution in [-0.4, -0.2) is 10.5 Å². The van der Waals surface area contributed by atoms with Crippen LogP contribution in [-0.2, 0) is 13.0 Å². The Kier molecular flexibility index (Phi) is 4.93. The lowest BCUT2D eigenvalue weighted by atomic mass is 10.1. The van der Waals surface area contributed by atoms with Gasteiger partial charge in [0.05, 0.1) is 5.01 Å². The van der Waals surface area contributed by atoms with Gasteiger partial charge in [-0.05, 0) is 39.5 Å². The lowest BCUT2D eigenvalue weighted by Gasteiger charge is -2.19. The van der Waals surface area contributed by atoms with E-state index in [1.165, 1.54) is 16.3 Å². The average molecular weight is 240 g/mol. The maximum atomic E-state index is 4.47. The van der Waals surface area contributed by atoms with Crippen molar-refractivity contribution in [3.05, 3.63) is 16.1 Å². The van der Waals surface area contributed by atoms with Gasteiger partial charge in [-0.25, -0.2) is 4.98 Å². The highest BCUT2D eigenvalue weighted by Crippen LogP contribution is 2.17. The van der Waals surface area contributed by atoms with Crippen molar-refractivity contribution in [2.45, 2.75) is 59.5 Å². The van der Waals surface area contributed by atoms with Gasteiger partial charge in [-0.15, -0.1) is 11.3 Å². The largest absolute Gasteiger partial charge is 0.307 e. The standard InChI is InChI=1S/C13H24N2S/c1-10(2)6-7-12-14-8-11(16-12)9-15-13(3,4)5/h8,10,15H,6-7,9H2,1-5H3. The predicted octanol–water partition coefficient (Wildman–Crippen LogP) is 3.62. The average Bonchev–Trinajstić information content (AvgIpc) is 2.58. The van der Waals surface area contributed by atoms with Gasteiger partial charge < -0.3 is 5.32 Å². The first-order chi connectivity index (χ1) is 7.37. The van der Waals surface area contributed by atoms with Crippen LogP contribution in [0.2, 0.25) is 0 Å².